The topological polar surface area (TPSA) is 66.4 Å². The van der Waals surface area contributed by atoms with Crippen molar-refractivity contribution in [3.05, 3.63) is 161 Å². The maximum Gasteiger partial charge on any atom is 0.433 e. The largest absolute Gasteiger partial charge is 0.433 e. The second-order valence-electron chi connectivity index (χ2n) is 11.8. The summed E-state index contributed by atoms with van der Waals surface area (Å²) < 4.78 is 53.1. The molecule has 0 radical (unpaired) electrons. The lowest BCUT2D eigenvalue weighted by Gasteiger charge is -2.37. The summed E-state index contributed by atoms with van der Waals surface area (Å²) in [5.41, 5.74) is 4.24. The van der Waals surface area contributed by atoms with E-state index in [9.17, 15) is 27.2 Å². The highest BCUT2D eigenvalue weighted by molar-refractivity contribution is 5.95. The number of benzene rings is 3. The number of carbonyl (C=O) groups excluding carboxylic acids is 2. The van der Waals surface area contributed by atoms with E-state index in [4.69, 9.17) is 0 Å². The van der Waals surface area contributed by atoms with Crippen LogP contribution in [0.15, 0.2) is 122 Å². The Morgan fingerprint density at radius 3 is 2.33 bits per heavy atom. The first-order valence-electron chi connectivity index (χ1n) is 15.8. The monoisotopic (exact) mass is 664 g/mol. The molecule has 1 aliphatic rings. The van der Waals surface area contributed by atoms with Crippen molar-refractivity contribution in [3.63, 3.8) is 0 Å². The van der Waals surface area contributed by atoms with E-state index in [2.05, 4.69) is 9.97 Å². The number of rotatable bonds is 9. The minimum absolute atomic E-state index is 0.0792. The Morgan fingerprint density at radius 1 is 0.857 bits per heavy atom. The zero-order valence-corrected chi connectivity index (χ0v) is 26.4. The molecule has 0 N–H and O–H groups in total. The maximum atomic E-state index is 14.5. The summed E-state index contributed by atoms with van der Waals surface area (Å²) in [4.78, 5) is 39.7. The van der Waals surface area contributed by atoms with Crippen molar-refractivity contribution < 1.29 is 27.2 Å². The fraction of sp³-hybridized carbons (Fsp3) is 0.179. The van der Waals surface area contributed by atoms with E-state index in [0.717, 1.165) is 45.8 Å². The molecule has 6 nitrogen and oxygen atoms in total. The van der Waals surface area contributed by atoms with Crippen LogP contribution in [0.4, 0.5) is 17.6 Å². The number of alkyl halides is 3. The van der Waals surface area contributed by atoms with Gasteiger partial charge in [-0.15, -0.1) is 0 Å². The summed E-state index contributed by atoms with van der Waals surface area (Å²) in [5, 5.41) is 0. The van der Waals surface area contributed by atoms with Gasteiger partial charge in [-0.05, 0) is 70.6 Å². The van der Waals surface area contributed by atoms with E-state index in [1.807, 2.05) is 72.8 Å². The third-order valence-electron chi connectivity index (χ3n) is 8.47. The molecule has 0 bridgehead atoms. The quantitative estimate of drug-likeness (QED) is 0.121. The SMILES string of the molecule is O=C([C@H](Cc1ccccc1)N(Cc1ccc(-c2ccccn2)cc1)C(=O)/C=C/c1ccc(C(F)(F)F)nc1)N1CCc2cc(F)ccc2C1. The lowest BCUT2D eigenvalue weighted by atomic mass is 9.97. The Hall–Kier alpha value is -5.64. The molecule has 6 rings (SSSR count). The van der Waals surface area contributed by atoms with Gasteiger partial charge in [-0.2, -0.15) is 13.2 Å². The number of amides is 2. The summed E-state index contributed by atoms with van der Waals surface area (Å²) >= 11 is 0. The van der Waals surface area contributed by atoms with E-state index >= 15 is 0 Å². The van der Waals surface area contributed by atoms with Crippen LogP contribution in [-0.2, 0) is 41.7 Å². The molecule has 0 spiro atoms. The first kappa shape index (κ1) is 33.3. The lowest BCUT2D eigenvalue weighted by Crippen LogP contribution is -2.52. The number of nitrogens with zero attached hydrogens (tertiary/aromatic N) is 4. The van der Waals surface area contributed by atoms with Gasteiger partial charge in [-0.3, -0.25) is 19.6 Å². The normalized spacial score (nSPS) is 13.6. The van der Waals surface area contributed by atoms with Gasteiger partial charge in [0.25, 0.3) is 0 Å². The van der Waals surface area contributed by atoms with Crippen LogP contribution in [-0.4, -0.2) is 44.2 Å². The minimum atomic E-state index is -4.59. The zero-order chi connectivity index (χ0) is 34.4. The molecule has 3 heterocycles. The van der Waals surface area contributed by atoms with Gasteiger partial charge in [0.05, 0.1) is 5.69 Å². The van der Waals surface area contributed by atoms with Crippen molar-refractivity contribution in [3.8, 4) is 11.3 Å². The molecular formula is C39H32F4N4O2. The van der Waals surface area contributed by atoms with E-state index in [-0.39, 0.29) is 31.2 Å². The van der Waals surface area contributed by atoms with Crippen LogP contribution in [0, 0.1) is 5.82 Å². The lowest BCUT2D eigenvalue weighted by molar-refractivity contribution is -0.144. The van der Waals surface area contributed by atoms with Crippen molar-refractivity contribution in [2.45, 2.75) is 38.1 Å². The molecule has 1 aliphatic heterocycles. The van der Waals surface area contributed by atoms with Gasteiger partial charge in [0.2, 0.25) is 11.8 Å². The highest BCUT2D eigenvalue weighted by Gasteiger charge is 2.34. The first-order valence-corrected chi connectivity index (χ1v) is 15.8. The first-order chi connectivity index (χ1) is 23.6. The third-order valence-corrected chi connectivity index (χ3v) is 8.47. The molecule has 248 valence electrons. The van der Waals surface area contributed by atoms with Crippen LogP contribution in [0.1, 0.15) is 33.5 Å². The number of fused-ring (bicyclic) bond motifs is 1. The summed E-state index contributed by atoms with van der Waals surface area (Å²) in [6.45, 7) is 0.706. The van der Waals surface area contributed by atoms with Crippen LogP contribution in [0.5, 0.6) is 0 Å². The van der Waals surface area contributed by atoms with Gasteiger partial charge >= 0.3 is 6.18 Å². The van der Waals surface area contributed by atoms with Crippen LogP contribution in [0.25, 0.3) is 17.3 Å². The van der Waals surface area contributed by atoms with Crippen LogP contribution < -0.4 is 0 Å². The number of halogens is 4. The summed E-state index contributed by atoms with van der Waals surface area (Å²) in [6.07, 6.45) is 1.51. The Kier molecular flexibility index (Phi) is 9.94. The molecule has 49 heavy (non-hydrogen) atoms. The van der Waals surface area contributed by atoms with Crippen molar-refractivity contribution in [2.24, 2.45) is 0 Å². The predicted octanol–water partition coefficient (Wildman–Crippen LogP) is 7.54. The molecule has 0 saturated heterocycles. The zero-order valence-electron chi connectivity index (χ0n) is 26.4. The predicted molar refractivity (Wildman–Crippen MR) is 178 cm³/mol. The molecule has 2 aromatic heterocycles. The second kappa shape index (κ2) is 14.6. The van der Waals surface area contributed by atoms with Crippen LogP contribution in [0.2, 0.25) is 0 Å². The molecule has 1 atom stereocenters. The Labute approximate surface area is 281 Å². The maximum absolute atomic E-state index is 14.5. The number of pyridine rings is 2. The molecule has 10 heteroatoms. The number of aromatic nitrogens is 2. The molecule has 0 fully saturated rings. The summed E-state index contributed by atoms with van der Waals surface area (Å²) in [6, 6.07) is 28.3. The number of hydrogen-bond acceptors (Lipinski definition) is 4. The molecule has 5 aromatic rings. The summed E-state index contributed by atoms with van der Waals surface area (Å²) in [5.74, 6) is -1.09. The van der Waals surface area contributed by atoms with Gasteiger partial charge in [-0.1, -0.05) is 72.8 Å². The fourth-order valence-electron chi connectivity index (χ4n) is 5.88. The standard InChI is InChI=1S/C39H32F4N4O2/c40-33-16-15-32-26-46(21-19-31(32)23-33)38(49)35(22-27-6-2-1-3-7-27)47(25-29-9-13-30(14-10-29)34-8-4-5-20-44-34)37(48)18-12-28-11-17-36(45-24-28)39(41,42)43/h1-18,20,23-24,35H,19,21-22,25-26H2/b18-12+/t35-/m0/s1. The summed E-state index contributed by atoms with van der Waals surface area (Å²) in [7, 11) is 0. The van der Waals surface area contributed by atoms with Crippen molar-refractivity contribution >= 4 is 17.9 Å². The third kappa shape index (κ3) is 8.27. The van der Waals surface area contributed by atoms with E-state index in [1.165, 1.54) is 35.3 Å². The fourth-order valence-corrected chi connectivity index (χ4v) is 5.88. The Bertz CT molecular complexity index is 1930. The molecular weight excluding hydrogens is 632 g/mol. The highest BCUT2D eigenvalue weighted by Crippen LogP contribution is 2.28. The van der Waals surface area contributed by atoms with Gasteiger partial charge in [0.15, 0.2) is 0 Å². The smallest absolute Gasteiger partial charge is 0.336 e. The van der Waals surface area contributed by atoms with Gasteiger partial charge in [0.1, 0.15) is 17.6 Å². The molecule has 0 aliphatic carbocycles. The van der Waals surface area contributed by atoms with Gasteiger partial charge in [0, 0.05) is 50.1 Å². The Balaban J connectivity index is 1.34. The number of hydrogen-bond donors (Lipinski definition) is 0. The average molecular weight is 665 g/mol. The molecule has 0 saturated carbocycles. The van der Waals surface area contributed by atoms with Gasteiger partial charge < -0.3 is 9.80 Å². The van der Waals surface area contributed by atoms with Gasteiger partial charge in [-0.25, -0.2) is 4.39 Å². The van der Waals surface area contributed by atoms with E-state index in [0.29, 0.717) is 18.5 Å². The van der Waals surface area contributed by atoms with E-state index in [1.54, 1.807) is 17.2 Å². The van der Waals surface area contributed by atoms with Crippen molar-refractivity contribution in [2.75, 3.05) is 6.54 Å². The molecule has 2 amide bonds. The number of carbonyl (C=O) groups is 2. The molecule has 3 aromatic carbocycles. The molecule has 0 unspecified atom stereocenters. The minimum Gasteiger partial charge on any atom is -0.336 e. The Morgan fingerprint density at radius 2 is 1.63 bits per heavy atom. The van der Waals surface area contributed by atoms with Crippen molar-refractivity contribution in [1.29, 1.82) is 0 Å². The van der Waals surface area contributed by atoms with Crippen molar-refractivity contribution in [1.82, 2.24) is 19.8 Å². The van der Waals surface area contributed by atoms with Crippen LogP contribution in [0.3, 0.4) is 0 Å². The van der Waals surface area contributed by atoms with E-state index < -0.39 is 23.8 Å². The average Bonchev–Trinajstić information content (AvgIpc) is 3.12. The highest BCUT2D eigenvalue weighted by atomic mass is 19.4. The van der Waals surface area contributed by atoms with Crippen LogP contribution >= 0.6 is 0 Å². The second-order valence-corrected chi connectivity index (χ2v) is 11.8.